The van der Waals surface area contributed by atoms with Crippen LogP contribution in [0.2, 0.25) is 9.36 Å². The zero-order valence-electron chi connectivity index (χ0n) is 9.01. The van der Waals surface area contributed by atoms with Gasteiger partial charge < -0.3 is 5.73 Å². The Labute approximate surface area is 123 Å². The van der Waals surface area contributed by atoms with Gasteiger partial charge in [0.25, 0.3) is 0 Å². The summed E-state index contributed by atoms with van der Waals surface area (Å²) in [6, 6.07) is 7.41. The van der Waals surface area contributed by atoms with Crippen molar-refractivity contribution in [2.75, 3.05) is 0 Å². The van der Waals surface area contributed by atoms with Crippen molar-refractivity contribution in [1.82, 2.24) is 0 Å². The van der Waals surface area contributed by atoms with E-state index in [9.17, 15) is 0 Å². The minimum Gasteiger partial charge on any atom is -0.320 e. The van der Waals surface area contributed by atoms with Gasteiger partial charge in [0.05, 0.1) is 10.4 Å². The first kappa shape index (κ1) is 13.4. The molecule has 1 aromatic heterocycles. The quantitative estimate of drug-likeness (QED) is 0.793. The lowest BCUT2D eigenvalue weighted by Crippen LogP contribution is -2.10. The number of benzene rings is 1. The molecule has 0 aliphatic carbocycles. The van der Waals surface area contributed by atoms with Gasteiger partial charge in [-0.05, 0) is 42.3 Å². The lowest BCUT2D eigenvalue weighted by molar-refractivity contribution is 0.886. The fraction of sp³-hybridized carbons (Fsp3) is 0.167. The van der Waals surface area contributed by atoms with Gasteiger partial charge in [-0.25, -0.2) is 0 Å². The van der Waals surface area contributed by atoms with Crippen LogP contribution >= 0.6 is 50.5 Å². The van der Waals surface area contributed by atoms with Gasteiger partial charge in [-0.2, -0.15) is 0 Å². The molecular weight excluding hydrogens is 341 g/mol. The standard InChI is InChI=1S/C12H10BrCl2NS/c1-6-4-10(17-12(6)15)11(16)8-5-7(14)2-3-9(8)13/h2-5,11H,16H2,1H3. The molecule has 1 nitrogen and oxygen atoms in total. The maximum Gasteiger partial charge on any atom is 0.0961 e. The summed E-state index contributed by atoms with van der Waals surface area (Å²) in [5, 5.41) is 0.679. The zero-order valence-corrected chi connectivity index (χ0v) is 12.9. The molecule has 0 fully saturated rings. The van der Waals surface area contributed by atoms with E-state index < -0.39 is 0 Å². The molecule has 0 bridgehead atoms. The minimum absolute atomic E-state index is 0.209. The second-order valence-electron chi connectivity index (χ2n) is 3.75. The van der Waals surface area contributed by atoms with E-state index in [0.717, 1.165) is 24.8 Å². The molecule has 0 saturated carbocycles. The van der Waals surface area contributed by atoms with Gasteiger partial charge in [0, 0.05) is 14.4 Å². The summed E-state index contributed by atoms with van der Waals surface area (Å²) in [6.45, 7) is 1.97. The van der Waals surface area contributed by atoms with Crippen LogP contribution in [0.4, 0.5) is 0 Å². The van der Waals surface area contributed by atoms with Gasteiger partial charge >= 0.3 is 0 Å². The highest BCUT2D eigenvalue weighted by Gasteiger charge is 2.16. The van der Waals surface area contributed by atoms with Gasteiger partial charge in [0.1, 0.15) is 0 Å². The molecule has 0 spiro atoms. The largest absolute Gasteiger partial charge is 0.320 e. The molecule has 1 atom stereocenters. The van der Waals surface area contributed by atoms with E-state index in [1.807, 2.05) is 31.2 Å². The smallest absolute Gasteiger partial charge is 0.0961 e. The molecule has 2 aromatic rings. The van der Waals surface area contributed by atoms with Gasteiger partial charge in [-0.1, -0.05) is 39.1 Å². The lowest BCUT2D eigenvalue weighted by Gasteiger charge is -2.12. The van der Waals surface area contributed by atoms with E-state index in [1.54, 1.807) is 0 Å². The molecule has 1 unspecified atom stereocenters. The van der Waals surface area contributed by atoms with Gasteiger partial charge in [-0.3, -0.25) is 0 Å². The summed E-state index contributed by atoms with van der Waals surface area (Å²) in [5.74, 6) is 0. The Balaban J connectivity index is 2.42. The van der Waals surface area contributed by atoms with Crippen LogP contribution in [0.15, 0.2) is 28.7 Å². The number of hydrogen-bond acceptors (Lipinski definition) is 2. The molecule has 5 heteroatoms. The highest BCUT2D eigenvalue weighted by molar-refractivity contribution is 9.10. The van der Waals surface area contributed by atoms with E-state index in [0.29, 0.717) is 5.02 Å². The van der Waals surface area contributed by atoms with Crippen molar-refractivity contribution in [1.29, 1.82) is 0 Å². The SMILES string of the molecule is Cc1cc(C(N)c2cc(Cl)ccc2Br)sc1Cl. The minimum atomic E-state index is -0.209. The Morgan fingerprint density at radius 3 is 2.59 bits per heavy atom. The average molecular weight is 351 g/mol. The first-order chi connectivity index (χ1) is 7.99. The van der Waals surface area contributed by atoms with Crippen molar-refractivity contribution in [3.05, 3.63) is 54.1 Å². The fourth-order valence-electron chi connectivity index (χ4n) is 1.54. The van der Waals surface area contributed by atoms with Crippen molar-refractivity contribution in [3.63, 3.8) is 0 Å². The van der Waals surface area contributed by atoms with Gasteiger partial charge in [0.2, 0.25) is 0 Å². The van der Waals surface area contributed by atoms with Crippen molar-refractivity contribution >= 4 is 50.5 Å². The summed E-state index contributed by atoms with van der Waals surface area (Å²) >= 11 is 17.0. The zero-order chi connectivity index (χ0) is 12.6. The van der Waals surface area contributed by atoms with E-state index >= 15 is 0 Å². The van der Waals surface area contributed by atoms with Crippen molar-refractivity contribution in [2.45, 2.75) is 13.0 Å². The molecular formula is C12H10BrCl2NS. The van der Waals surface area contributed by atoms with Crippen LogP contribution in [0.1, 0.15) is 22.0 Å². The molecule has 17 heavy (non-hydrogen) atoms. The van der Waals surface area contributed by atoms with Crippen LogP contribution in [0.25, 0.3) is 0 Å². The third-order valence-corrected chi connectivity index (χ3v) is 5.07. The van der Waals surface area contributed by atoms with Crippen molar-refractivity contribution in [2.24, 2.45) is 5.73 Å². The predicted molar refractivity (Wildman–Crippen MR) is 79.2 cm³/mol. The van der Waals surface area contributed by atoms with E-state index in [2.05, 4.69) is 15.9 Å². The van der Waals surface area contributed by atoms with Crippen LogP contribution in [0.3, 0.4) is 0 Å². The first-order valence-corrected chi connectivity index (χ1v) is 7.32. The Kier molecular flexibility index (Phi) is 4.16. The number of aryl methyl sites for hydroxylation is 1. The van der Waals surface area contributed by atoms with Gasteiger partial charge in [0.15, 0.2) is 0 Å². The van der Waals surface area contributed by atoms with Crippen molar-refractivity contribution in [3.8, 4) is 0 Å². The summed E-state index contributed by atoms with van der Waals surface area (Å²) in [7, 11) is 0. The monoisotopic (exact) mass is 349 g/mol. The van der Waals surface area contributed by atoms with Crippen molar-refractivity contribution < 1.29 is 0 Å². The highest BCUT2D eigenvalue weighted by Crippen LogP contribution is 2.35. The molecule has 0 radical (unpaired) electrons. The topological polar surface area (TPSA) is 26.0 Å². The molecule has 2 rings (SSSR count). The summed E-state index contributed by atoms with van der Waals surface area (Å²) in [6.07, 6.45) is 0. The van der Waals surface area contributed by atoms with Crippen LogP contribution < -0.4 is 5.73 Å². The Hall–Kier alpha value is -0.0600. The number of thiophene rings is 1. The third kappa shape index (κ3) is 2.85. The molecule has 0 saturated heterocycles. The second-order valence-corrected chi connectivity index (χ2v) is 6.73. The normalized spacial score (nSPS) is 12.8. The number of nitrogens with two attached hydrogens (primary N) is 1. The van der Waals surface area contributed by atoms with Crippen LogP contribution in [-0.4, -0.2) is 0 Å². The molecule has 0 aliphatic heterocycles. The summed E-state index contributed by atoms with van der Waals surface area (Å²) in [5.41, 5.74) is 8.26. The highest BCUT2D eigenvalue weighted by atomic mass is 79.9. The molecule has 0 aliphatic rings. The summed E-state index contributed by atoms with van der Waals surface area (Å²) < 4.78 is 1.74. The lowest BCUT2D eigenvalue weighted by atomic mass is 10.1. The van der Waals surface area contributed by atoms with E-state index in [-0.39, 0.29) is 6.04 Å². The van der Waals surface area contributed by atoms with Crippen LogP contribution in [-0.2, 0) is 0 Å². The molecule has 2 N–H and O–H groups in total. The Morgan fingerprint density at radius 2 is 2.00 bits per heavy atom. The Bertz CT molecular complexity index is 534. The first-order valence-electron chi connectivity index (χ1n) is 4.95. The summed E-state index contributed by atoms with van der Waals surface area (Å²) in [4.78, 5) is 1.04. The van der Waals surface area contributed by atoms with E-state index in [4.69, 9.17) is 28.9 Å². The molecule has 1 heterocycles. The predicted octanol–water partition coefficient (Wildman–Crippen LogP) is 5.17. The number of hydrogen-bond donors (Lipinski definition) is 1. The Morgan fingerprint density at radius 1 is 1.29 bits per heavy atom. The van der Waals surface area contributed by atoms with Gasteiger partial charge in [-0.15, -0.1) is 11.3 Å². The number of rotatable bonds is 2. The van der Waals surface area contributed by atoms with Crippen LogP contribution in [0.5, 0.6) is 0 Å². The molecule has 1 aromatic carbocycles. The molecule has 0 amide bonds. The third-order valence-electron chi connectivity index (χ3n) is 2.48. The van der Waals surface area contributed by atoms with Crippen LogP contribution in [0, 0.1) is 6.92 Å². The second kappa shape index (κ2) is 5.29. The maximum atomic E-state index is 6.23. The van der Waals surface area contributed by atoms with E-state index in [1.165, 1.54) is 11.3 Å². The fourth-order valence-corrected chi connectivity index (χ4v) is 3.46. The number of halogens is 3. The maximum absolute atomic E-state index is 6.23. The molecule has 90 valence electrons. The average Bonchev–Trinajstić information content (AvgIpc) is 2.62.